The summed E-state index contributed by atoms with van der Waals surface area (Å²) < 4.78 is 6.79. The maximum atomic E-state index is 6.79. The van der Waals surface area contributed by atoms with Crippen LogP contribution in [-0.4, -0.2) is 11.7 Å². The second-order valence-electron chi connectivity index (χ2n) is 15.7. The zero-order valence-electron chi connectivity index (χ0n) is 32.3. The molecule has 5 heteroatoms. The molecule has 1 aromatic heterocycles. The lowest BCUT2D eigenvalue weighted by atomic mass is 9.86. The second-order valence-corrected chi connectivity index (χ2v) is 15.7. The normalized spacial score (nSPS) is 13.0. The Morgan fingerprint density at radius 2 is 1.05 bits per heavy atom. The zero-order valence-corrected chi connectivity index (χ0v) is 32.3. The Labute approximate surface area is 334 Å². The molecule has 0 atom stereocenters. The summed E-state index contributed by atoms with van der Waals surface area (Å²) >= 11 is 0. The van der Waals surface area contributed by atoms with Crippen molar-refractivity contribution >= 4 is 39.9 Å². The van der Waals surface area contributed by atoms with Crippen LogP contribution in [0.5, 0.6) is 11.5 Å². The van der Waals surface area contributed by atoms with Crippen LogP contribution in [-0.2, 0) is 5.41 Å². The van der Waals surface area contributed by atoms with Gasteiger partial charge in [0.1, 0.15) is 24.0 Å². The molecule has 0 unspecified atom stereocenters. The van der Waals surface area contributed by atoms with Crippen molar-refractivity contribution in [2.75, 3.05) is 21.4 Å². The molecule has 2 aliphatic rings. The van der Waals surface area contributed by atoms with Crippen molar-refractivity contribution in [2.45, 2.75) is 26.2 Å². The summed E-state index contributed by atoms with van der Waals surface area (Å²) in [6, 6.07) is 64.6. The quantitative estimate of drug-likeness (QED) is 0.170. The number of pyridine rings is 1. The summed E-state index contributed by atoms with van der Waals surface area (Å²) in [5.41, 5.74) is 15.0. The van der Waals surface area contributed by atoms with Gasteiger partial charge >= 0.3 is 0 Å². The number of aromatic nitrogens is 1. The van der Waals surface area contributed by atoms with Crippen molar-refractivity contribution in [3.8, 4) is 44.9 Å². The minimum absolute atomic E-state index is 0.0831. The average molecular weight is 739 g/mol. The van der Waals surface area contributed by atoms with Crippen LogP contribution in [0.4, 0.5) is 39.9 Å². The summed E-state index contributed by atoms with van der Waals surface area (Å²) in [4.78, 5) is 11.9. The van der Waals surface area contributed by atoms with Gasteiger partial charge in [0.15, 0.2) is 0 Å². The fraction of sp³-hybridized carbons (Fsp3) is 0.0962. The van der Waals surface area contributed by atoms with Crippen LogP contribution < -0.4 is 19.4 Å². The lowest BCUT2D eigenvalue weighted by molar-refractivity contribution is 0.483. The van der Waals surface area contributed by atoms with Gasteiger partial charge in [0, 0.05) is 40.8 Å². The van der Waals surface area contributed by atoms with Crippen LogP contribution in [0.3, 0.4) is 0 Å². The number of hydrogen-bond donors (Lipinski definition) is 0. The van der Waals surface area contributed by atoms with Gasteiger partial charge in [-0.05, 0) is 100.0 Å². The molecule has 57 heavy (non-hydrogen) atoms. The van der Waals surface area contributed by atoms with E-state index in [1.807, 2.05) is 18.3 Å². The van der Waals surface area contributed by atoms with Gasteiger partial charge in [-0.25, -0.2) is 4.98 Å². The maximum Gasteiger partial charge on any atom is 0.137 e. The largest absolute Gasteiger partial charge is 0.457 e. The molecule has 7 aromatic carbocycles. The number of para-hydroxylation sites is 3. The molecule has 10 rings (SSSR count). The third kappa shape index (κ3) is 6.27. The van der Waals surface area contributed by atoms with Crippen molar-refractivity contribution in [2.24, 2.45) is 0 Å². The number of benzene rings is 7. The molecule has 0 radical (unpaired) electrons. The van der Waals surface area contributed by atoms with Gasteiger partial charge in [-0.1, -0.05) is 124 Å². The van der Waals surface area contributed by atoms with E-state index in [-0.39, 0.29) is 5.41 Å². The van der Waals surface area contributed by atoms with Gasteiger partial charge in [0.2, 0.25) is 0 Å². The standard InChI is InChI=1S/C52H42N4O/c1-52(2,3)38-26-23-36(24-27-38)37-25-29-45-43-18-7-8-19-44(43)46-30-28-42(34-50(46)56(49(45)32-37)51-22-11-12-31-53-51)57-41-17-13-16-40(33-41)55-35-54(39-14-5-4-6-15-39)47-20-9-10-21-48(47)55/h4-34H,35H2,1-3H3. The fourth-order valence-electron chi connectivity index (χ4n) is 8.20. The van der Waals surface area contributed by atoms with E-state index in [0.29, 0.717) is 6.67 Å². The lowest BCUT2D eigenvalue weighted by Crippen LogP contribution is -2.23. The van der Waals surface area contributed by atoms with E-state index >= 15 is 0 Å². The molecule has 0 saturated heterocycles. The molecule has 3 heterocycles. The first-order chi connectivity index (χ1) is 27.9. The second kappa shape index (κ2) is 13.9. The topological polar surface area (TPSA) is 31.8 Å². The van der Waals surface area contributed by atoms with Gasteiger partial charge in [0.25, 0.3) is 0 Å². The third-order valence-electron chi connectivity index (χ3n) is 11.1. The summed E-state index contributed by atoms with van der Waals surface area (Å²) in [6.45, 7) is 7.47. The van der Waals surface area contributed by atoms with Crippen LogP contribution in [0.1, 0.15) is 26.3 Å². The van der Waals surface area contributed by atoms with Gasteiger partial charge in [-0.15, -0.1) is 0 Å². The number of ether oxygens (including phenoxy) is 1. The Morgan fingerprint density at radius 1 is 0.456 bits per heavy atom. The van der Waals surface area contributed by atoms with Crippen LogP contribution in [0.15, 0.2) is 188 Å². The maximum absolute atomic E-state index is 6.79. The van der Waals surface area contributed by atoms with E-state index in [1.165, 1.54) is 27.9 Å². The highest BCUT2D eigenvalue weighted by Gasteiger charge is 2.30. The van der Waals surface area contributed by atoms with E-state index in [4.69, 9.17) is 9.72 Å². The van der Waals surface area contributed by atoms with Gasteiger partial charge in [0.05, 0.1) is 22.7 Å². The minimum Gasteiger partial charge on any atom is -0.457 e. The molecular formula is C52H42N4O. The van der Waals surface area contributed by atoms with Crippen LogP contribution >= 0.6 is 0 Å². The molecule has 0 saturated carbocycles. The highest BCUT2D eigenvalue weighted by molar-refractivity contribution is 6.03. The first-order valence-electron chi connectivity index (χ1n) is 19.6. The molecule has 0 aliphatic carbocycles. The van der Waals surface area contributed by atoms with Crippen LogP contribution in [0, 0.1) is 0 Å². The number of anilines is 7. The van der Waals surface area contributed by atoms with E-state index in [2.05, 4.69) is 205 Å². The average Bonchev–Trinajstić information content (AvgIpc) is 3.59. The number of rotatable bonds is 6. The summed E-state index contributed by atoms with van der Waals surface area (Å²) in [5.74, 6) is 2.35. The Morgan fingerprint density at radius 3 is 1.75 bits per heavy atom. The number of hydrogen-bond acceptors (Lipinski definition) is 5. The van der Waals surface area contributed by atoms with Crippen molar-refractivity contribution in [1.29, 1.82) is 0 Å². The Balaban J connectivity index is 1.06. The highest BCUT2D eigenvalue weighted by atomic mass is 16.5. The van der Waals surface area contributed by atoms with Gasteiger partial charge in [-0.3, -0.25) is 4.90 Å². The highest BCUT2D eigenvalue weighted by Crippen LogP contribution is 2.52. The third-order valence-corrected chi connectivity index (χ3v) is 11.1. The van der Waals surface area contributed by atoms with Crippen LogP contribution in [0.2, 0.25) is 0 Å². The predicted molar refractivity (Wildman–Crippen MR) is 236 cm³/mol. The lowest BCUT2D eigenvalue weighted by Gasteiger charge is -2.27. The first kappa shape index (κ1) is 34.4. The molecule has 0 amide bonds. The summed E-state index contributed by atoms with van der Waals surface area (Å²) in [7, 11) is 0. The number of nitrogens with zero attached hydrogens (tertiary/aromatic N) is 4. The molecule has 0 spiro atoms. The Hall–Kier alpha value is -7.11. The predicted octanol–water partition coefficient (Wildman–Crippen LogP) is 14.2. The molecule has 276 valence electrons. The first-order valence-corrected chi connectivity index (χ1v) is 19.6. The van der Waals surface area contributed by atoms with E-state index < -0.39 is 0 Å². The molecule has 8 aromatic rings. The van der Waals surface area contributed by atoms with E-state index in [0.717, 1.165) is 62.4 Å². The molecule has 0 N–H and O–H groups in total. The molecule has 5 nitrogen and oxygen atoms in total. The van der Waals surface area contributed by atoms with Crippen molar-refractivity contribution in [3.05, 3.63) is 194 Å². The van der Waals surface area contributed by atoms with Gasteiger partial charge < -0.3 is 14.5 Å². The minimum atomic E-state index is 0.0831. The molecule has 0 fully saturated rings. The monoisotopic (exact) mass is 738 g/mol. The Bertz CT molecular complexity index is 2740. The van der Waals surface area contributed by atoms with Gasteiger partial charge in [-0.2, -0.15) is 0 Å². The van der Waals surface area contributed by atoms with Crippen LogP contribution in [0.25, 0.3) is 33.4 Å². The molecule has 0 bridgehead atoms. The van der Waals surface area contributed by atoms with Crippen molar-refractivity contribution in [1.82, 2.24) is 4.98 Å². The summed E-state index contributed by atoms with van der Waals surface area (Å²) in [5, 5.41) is 0. The molecule has 2 aliphatic heterocycles. The van der Waals surface area contributed by atoms with E-state index in [1.54, 1.807) is 0 Å². The number of fused-ring (bicyclic) bond motifs is 6. The van der Waals surface area contributed by atoms with E-state index in [9.17, 15) is 0 Å². The zero-order chi connectivity index (χ0) is 38.5. The molecular weight excluding hydrogens is 697 g/mol. The van der Waals surface area contributed by atoms with Crippen molar-refractivity contribution in [3.63, 3.8) is 0 Å². The smallest absolute Gasteiger partial charge is 0.137 e. The fourth-order valence-corrected chi connectivity index (χ4v) is 8.20. The SMILES string of the molecule is CC(C)(C)c1ccc(-c2ccc3c(c2)N(c2ccccn2)c2cc(Oc4cccc(N5CN(c6ccccc6)c6ccccc65)c4)ccc2-c2ccccc2-3)cc1. The van der Waals surface area contributed by atoms with Crippen molar-refractivity contribution < 1.29 is 4.74 Å². The summed E-state index contributed by atoms with van der Waals surface area (Å²) in [6.07, 6.45) is 1.86. The Kier molecular flexibility index (Phi) is 8.37.